The predicted octanol–water partition coefficient (Wildman–Crippen LogP) is 3.85. The first-order valence-electron chi connectivity index (χ1n) is 8.88. The lowest BCUT2D eigenvalue weighted by atomic mass is 9.91. The molecule has 3 amide bonds. The van der Waals surface area contributed by atoms with Gasteiger partial charge in [0.1, 0.15) is 0 Å². The van der Waals surface area contributed by atoms with E-state index in [1.165, 1.54) is 0 Å². The summed E-state index contributed by atoms with van der Waals surface area (Å²) < 4.78 is 0.907. The van der Waals surface area contributed by atoms with Gasteiger partial charge < -0.3 is 16.4 Å². The molecule has 0 bridgehead atoms. The largest absolute Gasteiger partial charge is 0.369 e. The summed E-state index contributed by atoms with van der Waals surface area (Å²) in [6.07, 6.45) is 1.90. The molecule has 1 rings (SSSR count). The number of halogens is 1. The minimum absolute atomic E-state index is 0.0547. The van der Waals surface area contributed by atoms with Crippen LogP contribution in [0.15, 0.2) is 28.7 Å². The molecule has 26 heavy (non-hydrogen) atoms. The number of urea groups is 1. The van der Waals surface area contributed by atoms with E-state index < -0.39 is 23.9 Å². The Morgan fingerprint density at radius 2 is 1.77 bits per heavy atom. The average Bonchev–Trinajstić information content (AvgIpc) is 2.55. The van der Waals surface area contributed by atoms with Crippen molar-refractivity contribution in [2.24, 2.45) is 17.6 Å². The number of nitrogens with one attached hydrogen (secondary N) is 2. The summed E-state index contributed by atoms with van der Waals surface area (Å²) in [4.78, 5) is 36.4. The Hall–Kier alpha value is -1.89. The Morgan fingerprint density at radius 1 is 1.15 bits per heavy atom. The van der Waals surface area contributed by atoms with Crippen LogP contribution in [0.5, 0.6) is 0 Å². The Bertz CT molecular complexity index is 617. The van der Waals surface area contributed by atoms with Crippen molar-refractivity contribution in [1.29, 1.82) is 0 Å². The third-order valence-electron chi connectivity index (χ3n) is 3.99. The van der Waals surface area contributed by atoms with Crippen LogP contribution in [0.1, 0.15) is 46.5 Å². The van der Waals surface area contributed by atoms with Crippen molar-refractivity contribution < 1.29 is 14.4 Å². The molecular formula is C19H28BrN3O3. The van der Waals surface area contributed by atoms with E-state index in [4.69, 9.17) is 5.73 Å². The lowest BCUT2D eigenvalue weighted by Crippen LogP contribution is -2.45. The summed E-state index contributed by atoms with van der Waals surface area (Å²) in [6.45, 7) is 5.90. The van der Waals surface area contributed by atoms with Gasteiger partial charge in [-0.05, 0) is 43.0 Å². The fourth-order valence-corrected chi connectivity index (χ4v) is 2.94. The molecule has 1 aromatic rings. The van der Waals surface area contributed by atoms with E-state index in [1.54, 1.807) is 12.1 Å². The summed E-state index contributed by atoms with van der Waals surface area (Å²) in [7, 11) is 0. The van der Waals surface area contributed by atoms with Gasteiger partial charge in [-0.3, -0.25) is 9.59 Å². The van der Waals surface area contributed by atoms with Crippen LogP contribution < -0.4 is 16.4 Å². The smallest absolute Gasteiger partial charge is 0.319 e. The monoisotopic (exact) mass is 425 g/mol. The second-order valence-corrected chi connectivity index (χ2v) is 7.76. The van der Waals surface area contributed by atoms with Crippen molar-refractivity contribution >= 4 is 39.3 Å². The molecule has 0 aromatic heterocycles. The Kier molecular flexibility index (Phi) is 9.34. The molecule has 0 aliphatic carbocycles. The molecule has 144 valence electrons. The van der Waals surface area contributed by atoms with E-state index in [0.29, 0.717) is 18.5 Å². The first-order chi connectivity index (χ1) is 12.2. The van der Waals surface area contributed by atoms with E-state index in [9.17, 15) is 14.4 Å². The number of hydrogen-bond acceptors (Lipinski definition) is 3. The number of benzene rings is 1. The number of Topliss-reactive ketones (excluding diaryl/α,β-unsaturated/α-hetero) is 1. The molecule has 0 saturated heterocycles. The standard InChI is InChI=1S/C19H28BrN3O3/c1-4-5-13(18(21)25)11-17(24)16(10-12(2)3)23-19(26)22-15-8-6-14(20)7-9-15/h6-9,12-13,16H,4-5,10-11H2,1-3H3,(H2,21,25)(H2,22,23,26)/t13-,16+/m1/s1. The highest BCUT2D eigenvalue weighted by Crippen LogP contribution is 2.17. The Labute approximate surface area is 163 Å². The van der Waals surface area contributed by atoms with Crippen molar-refractivity contribution in [3.05, 3.63) is 28.7 Å². The summed E-state index contributed by atoms with van der Waals surface area (Å²) in [5, 5.41) is 5.45. The zero-order chi connectivity index (χ0) is 19.7. The predicted molar refractivity (Wildman–Crippen MR) is 107 cm³/mol. The Balaban J connectivity index is 2.75. The van der Waals surface area contributed by atoms with Gasteiger partial charge in [0.2, 0.25) is 5.91 Å². The lowest BCUT2D eigenvalue weighted by molar-refractivity contribution is -0.128. The topological polar surface area (TPSA) is 101 Å². The fraction of sp³-hybridized carbons (Fsp3) is 0.526. The highest BCUT2D eigenvalue weighted by molar-refractivity contribution is 9.10. The molecule has 7 heteroatoms. The molecule has 0 saturated carbocycles. The minimum Gasteiger partial charge on any atom is -0.369 e. The van der Waals surface area contributed by atoms with Crippen LogP contribution in [0.25, 0.3) is 0 Å². The summed E-state index contributed by atoms with van der Waals surface area (Å²) in [5.74, 6) is -0.904. The fourth-order valence-electron chi connectivity index (χ4n) is 2.68. The van der Waals surface area contributed by atoms with Gasteiger partial charge in [0, 0.05) is 22.5 Å². The zero-order valence-electron chi connectivity index (χ0n) is 15.5. The molecular weight excluding hydrogens is 398 g/mol. The molecule has 0 aliphatic heterocycles. The van der Waals surface area contributed by atoms with Crippen molar-refractivity contribution in [2.75, 3.05) is 5.32 Å². The maximum absolute atomic E-state index is 12.6. The van der Waals surface area contributed by atoms with E-state index in [2.05, 4.69) is 26.6 Å². The number of ketones is 1. The van der Waals surface area contributed by atoms with Crippen LogP contribution in [0.3, 0.4) is 0 Å². The van der Waals surface area contributed by atoms with Crippen LogP contribution in [0.2, 0.25) is 0 Å². The van der Waals surface area contributed by atoms with Gasteiger partial charge in [0.25, 0.3) is 0 Å². The second-order valence-electron chi connectivity index (χ2n) is 6.85. The number of nitrogens with two attached hydrogens (primary N) is 1. The van der Waals surface area contributed by atoms with Crippen LogP contribution >= 0.6 is 15.9 Å². The normalized spacial score (nSPS) is 13.1. The highest BCUT2D eigenvalue weighted by Gasteiger charge is 2.26. The minimum atomic E-state index is -0.649. The van der Waals surface area contributed by atoms with E-state index in [0.717, 1.165) is 10.9 Å². The number of amides is 3. The molecule has 6 nitrogen and oxygen atoms in total. The number of primary amides is 1. The summed E-state index contributed by atoms with van der Waals surface area (Å²) >= 11 is 3.33. The molecule has 1 aromatic carbocycles. The maximum Gasteiger partial charge on any atom is 0.319 e. The highest BCUT2D eigenvalue weighted by atomic mass is 79.9. The number of carbonyl (C=O) groups excluding carboxylic acids is 3. The third kappa shape index (κ3) is 7.99. The molecule has 0 unspecified atom stereocenters. The van der Waals surface area contributed by atoms with Gasteiger partial charge in [0.05, 0.1) is 6.04 Å². The van der Waals surface area contributed by atoms with Gasteiger partial charge in [-0.2, -0.15) is 0 Å². The lowest BCUT2D eigenvalue weighted by Gasteiger charge is -2.22. The van der Waals surface area contributed by atoms with Crippen molar-refractivity contribution in [2.45, 2.75) is 52.5 Å². The van der Waals surface area contributed by atoms with Gasteiger partial charge >= 0.3 is 6.03 Å². The van der Waals surface area contributed by atoms with Crippen molar-refractivity contribution in [3.63, 3.8) is 0 Å². The SMILES string of the molecule is CCC[C@H](CC(=O)[C@H](CC(C)C)NC(=O)Nc1ccc(Br)cc1)C(N)=O. The molecule has 0 spiro atoms. The van der Waals surface area contributed by atoms with Crippen LogP contribution in [0, 0.1) is 11.8 Å². The molecule has 4 N–H and O–H groups in total. The van der Waals surface area contributed by atoms with Gasteiger partial charge in [-0.1, -0.05) is 43.1 Å². The molecule has 2 atom stereocenters. The molecule has 0 radical (unpaired) electrons. The number of anilines is 1. The number of rotatable bonds is 10. The first kappa shape index (κ1) is 22.2. The molecule has 0 fully saturated rings. The van der Waals surface area contributed by atoms with Crippen molar-refractivity contribution in [1.82, 2.24) is 5.32 Å². The van der Waals surface area contributed by atoms with Gasteiger partial charge in [0.15, 0.2) is 5.78 Å². The van der Waals surface area contributed by atoms with E-state index >= 15 is 0 Å². The molecule has 0 heterocycles. The van der Waals surface area contributed by atoms with Gasteiger partial charge in [-0.15, -0.1) is 0 Å². The van der Waals surface area contributed by atoms with E-state index in [-0.39, 0.29) is 18.1 Å². The number of carbonyl (C=O) groups is 3. The van der Waals surface area contributed by atoms with Crippen LogP contribution in [-0.4, -0.2) is 23.8 Å². The maximum atomic E-state index is 12.6. The van der Waals surface area contributed by atoms with Crippen LogP contribution in [0.4, 0.5) is 10.5 Å². The first-order valence-corrected chi connectivity index (χ1v) is 9.67. The second kappa shape index (κ2) is 11.0. The summed E-state index contributed by atoms with van der Waals surface area (Å²) in [6, 6.07) is 6.05. The Morgan fingerprint density at radius 3 is 2.27 bits per heavy atom. The number of hydrogen-bond donors (Lipinski definition) is 3. The zero-order valence-corrected chi connectivity index (χ0v) is 17.1. The quantitative estimate of drug-likeness (QED) is 0.530. The van der Waals surface area contributed by atoms with E-state index in [1.807, 2.05) is 32.9 Å². The van der Waals surface area contributed by atoms with Crippen LogP contribution in [-0.2, 0) is 9.59 Å². The van der Waals surface area contributed by atoms with Crippen molar-refractivity contribution in [3.8, 4) is 0 Å². The molecule has 0 aliphatic rings. The third-order valence-corrected chi connectivity index (χ3v) is 4.52. The van der Waals surface area contributed by atoms with Gasteiger partial charge in [-0.25, -0.2) is 4.79 Å². The average molecular weight is 426 g/mol. The summed E-state index contributed by atoms with van der Waals surface area (Å²) in [5.41, 5.74) is 6.02.